The number of aryl methyl sites for hydroxylation is 2. The Kier molecular flexibility index (Phi) is 6.89. The maximum atomic E-state index is 12.6. The summed E-state index contributed by atoms with van der Waals surface area (Å²) in [7, 11) is 0. The molecule has 0 fully saturated rings. The highest BCUT2D eigenvalue weighted by molar-refractivity contribution is 6.68. The van der Waals surface area contributed by atoms with E-state index in [1.165, 1.54) is 0 Å². The Morgan fingerprint density at radius 1 is 1.00 bits per heavy atom. The van der Waals surface area contributed by atoms with Crippen LogP contribution in [0.15, 0.2) is 36.4 Å². The van der Waals surface area contributed by atoms with Gasteiger partial charge in [0.1, 0.15) is 6.17 Å². The molecule has 2 aromatic carbocycles. The number of amides is 1. The molecule has 0 aliphatic carbocycles. The topological polar surface area (TPSA) is 127 Å². The average molecular weight is 462 g/mol. The van der Waals surface area contributed by atoms with E-state index >= 15 is 0 Å². The average Bonchev–Trinajstić information content (AvgIpc) is 2.61. The third-order valence-corrected chi connectivity index (χ3v) is 4.53. The number of carbonyl (C=O) groups excluding carboxylic acids is 1. The summed E-state index contributed by atoms with van der Waals surface area (Å²) in [6.45, 7) is 3.72. The SMILES string of the molecule is Cc1ccc(NC(NC(=O)c2cc([N+](=O)[O-])cc([N+](=O)[O-])c2)C(Cl)(Cl)Cl)c(C)c1. The van der Waals surface area contributed by atoms with Crippen LogP contribution in [-0.4, -0.2) is 25.7 Å². The van der Waals surface area contributed by atoms with Crippen molar-refractivity contribution in [1.82, 2.24) is 5.32 Å². The number of halogens is 3. The van der Waals surface area contributed by atoms with Gasteiger partial charge in [0.2, 0.25) is 3.79 Å². The van der Waals surface area contributed by atoms with E-state index in [1.54, 1.807) is 6.07 Å². The Bertz CT molecular complexity index is 946. The number of non-ortho nitro benzene ring substituents is 2. The minimum atomic E-state index is -2.00. The second kappa shape index (κ2) is 8.81. The number of nitrogens with one attached hydrogen (secondary N) is 2. The third kappa shape index (κ3) is 5.93. The zero-order valence-corrected chi connectivity index (χ0v) is 17.4. The zero-order valence-electron chi connectivity index (χ0n) is 15.1. The van der Waals surface area contributed by atoms with Crippen LogP contribution >= 0.6 is 34.8 Å². The number of hydrogen-bond acceptors (Lipinski definition) is 6. The van der Waals surface area contributed by atoms with Crippen molar-refractivity contribution < 1.29 is 14.6 Å². The van der Waals surface area contributed by atoms with Gasteiger partial charge in [-0.05, 0) is 25.5 Å². The summed E-state index contributed by atoms with van der Waals surface area (Å²) >= 11 is 17.9. The normalized spacial score (nSPS) is 12.2. The molecule has 1 amide bonds. The number of nitro benzene ring substituents is 2. The van der Waals surface area contributed by atoms with Crippen molar-refractivity contribution in [2.75, 3.05) is 5.32 Å². The second-order valence-electron chi connectivity index (χ2n) is 6.16. The summed E-state index contributed by atoms with van der Waals surface area (Å²) < 4.78 is -2.00. The standard InChI is InChI=1S/C17H15Cl3N4O5/c1-9-3-4-14(10(2)5-9)21-16(17(18,19)20)22-15(25)11-6-12(23(26)27)8-13(7-11)24(28)29/h3-8,16,21H,1-2H3,(H,22,25). The van der Waals surface area contributed by atoms with Crippen molar-refractivity contribution in [3.63, 3.8) is 0 Å². The van der Waals surface area contributed by atoms with E-state index in [0.717, 1.165) is 29.3 Å². The molecule has 154 valence electrons. The van der Waals surface area contributed by atoms with Gasteiger partial charge < -0.3 is 10.6 Å². The Hall–Kier alpha value is -2.62. The molecular formula is C17H15Cl3N4O5. The van der Waals surface area contributed by atoms with E-state index in [4.69, 9.17) is 34.8 Å². The fraction of sp³-hybridized carbons (Fsp3) is 0.235. The quantitative estimate of drug-likeness (QED) is 0.279. The highest BCUT2D eigenvalue weighted by Crippen LogP contribution is 2.32. The fourth-order valence-corrected chi connectivity index (χ4v) is 2.81. The summed E-state index contributed by atoms with van der Waals surface area (Å²) in [5, 5.41) is 27.3. The molecule has 2 rings (SSSR count). The molecular weight excluding hydrogens is 447 g/mol. The van der Waals surface area contributed by atoms with E-state index < -0.39 is 37.1 Å². The molecule has 0 aliphatic rings. The van der Waals surface area contributed by atoms with Crippen molar-refractivity contribution in [1.29, 1.82) is 0 Å². The Labute approximate surface area is 180 Å². The van der Waals surface area contributed by atoms with Crippen molar-refractivity contribution >= 4 is 57.8 Å². The lowest BCUT2D eigenvalue weighted by atomic mass is 10.1. The van der Waals surface area contributed by atoms with Gasteiger partial charge in [0.05, 0.1) is 21.5 Å². The number of nitrogens with zero attached hydrogens (tertiary/aromatic N) is 2. The van der Waals surface area contributed by atoms with Crippen LogP contribution < -0.4 is 10.6 Å². The smallest absolute Gasteiger partial charge is 0.277 e. The number of benzene rings is 2. The molecule has 1 unspecified atom stereocenters. The number of hydrogen-bond donors (Lipinski definition) is 2. The molecule has 0 radical (unpaired) electrons. The first-order valence-electron chi connectivity index (χ1n) is 8.03. The molecule has 12 heteroatoms. The molecule has 2 aromatic rings. The van der Waals surface area contributed by atoms with Crippen LogP contribution in [0.2, 0.25) is 0 Å². The van der Waals surface area contributed by atoms with Crippen molar-refractivity contribution in [3.05, 3.63) is 73.3 Å². The second-order valence-corrected chi connectivity index (χ2v) is 8.53. The van der Waals surface area contributed by atoms with Crippen molar-refractivity contribution in [2.45, 2.75) is 23.8 Å². The van der Waals surface area contributed by atoms with Gasteiger partial charge in [0, 0.05) is 17.8 Å². The molecule has 0 heterocycles. The van der Waals surface area contributed by atoms with E-state index in [0.29, 0.717) is 5.69 Å². The van der Waals surface area contributed by atoms with E-state index in [1.807, 2.05) is 26.0 Å². The number of alkyl halides is 3. The molecule has 9 nitrogen and oxygen atoms in total. The first-order valence-corrected chi connectivity index (χ1v) is 9.17. The maximum absolute atomic E-state index is 12.6. The van der Waals surface area contributed by atoms with Crippen LogP contribution in [0.5, 0.6) is 0 Å². The first kappa shape index (κ1) is 22.7. The highest BCUT2D eigenvalue weighted by Gasteiger charge is 2.35. The lowest BCUT2D eigenvalue weighted by Gasteiger charge is -2.28. The predicted octanol–water partition coefficient (Wildman–Crippen LogP) is 4.66. The van der Waals surface area contributed by atoms with Crippen molar-refractivity contribution in [2.24, 2.45) is 0 Å². The molecule has 0 aromatic heterocycles. The molecule has 29 heavy (non-hydrogen) atoms. The number of anilines is 1. The van der Waals surface area contributed by atoms with Gasteiger partial charge in [-0.1, -0.05) is 52.5 Å². The Morgan fingerprint density at radius 3 is 2.00 bits per heavy atom. The Balaban J connectivity index is 2.35. The molecule has 2 N–H and O–H groups in total. The van der Waals surface area contributed by atoms with Gasteiger partial charge in [-0.25, -0.2) is 0 Å². The lowest BCUT2D eigenvalue weighted by molar-refractivity contribution is -0.394. The summed E-state index contributed by atoms with van der Waals surface area (Å²) in [5.74, 6) is -0.898. The van der Waals surface area contributed by atoms with Gasteiger partial charge in [0.25, 0.3) is 17.3 Å². The minimum absolute atomic E-state index is 0.326. The van der Waals surface area contributed by atoms with Gasteiger partial charge in [0.15, 0.2) is 0 Å². The molecule has 0 saturated carbocycles. The van der Waals surface area contributed by atoms with Crippen LogP contribution in [0.4, 0.5) is 17.1 Å². The summed E-state index contributed by atoms with van der Waals surface area (Å²) in [4.78, 5) is 32.9. The third-order valence-electron chi connectivity index (χ3n) is 3.87. The molecule has 0 spiro atoms. The maximum Gasteiger partial charge on any atom is 0.277 e. The van der Waals surface area contributed by atoms with Gasteiger partial charge in [-0.15, -0.1) is 0 Å². The highest BCUT2D eigenvalue weighted by atomic mass is 35.6. The van der Waals surface area contributed by atoms with Gasteiger partial charge in [-0.3, -0.25) is 25.0 Å². The van der Waals surface area contributed by atoms with E-state index in [2.05, 4.69) is 10.6 Å². The summed E-state index contributed by atoms with van der Waals surface area (Å²) in [6, 6.07) is 7.97. The zero-order chi connectivity index (χ0) is 21.9. The van der Waals surface area contributed by atoms with Crippen LogP contribution in [0, 0.1) is 34.1 Å². The van der Waals surface area contributed by atoms with E-state index in [9.17, 15) is 25.0 Å². The van der Waals surface area contributed by atoms with Crippen LogP contribution in [0.25, 0.3) is 0 Å². The van der Waals surface area contributed by atoms with Crippen LogP contribution in [0.3, 0.4) is 0 Å². The monoisotopic (exact) mass is 460 g/mol. The minimum Gasteiger partial charge on any atom is -0.362 e. The Morgan fingerprint density at radius 2 is 1.55 bits per heavy atom. The largest absolute Gasteiger partial charge is 0.362 e. The molecule has 0 aliphatic heterocycles. The number of carbonyl (C=O) groups is 1. The number of rotatable bonds is 6. The first-order chi connectivity index (χ1) is 13.4. The fourth-order valence-electron chi connectivity index (χ4n) is 2.48. The summed E-state index contributed by atoms with van der Waals surface area (Å²) in [6.07, 6.45) is -1.24. The summed E-state index contributed by atoms with van der Waals surface area (Å²) in [5.41, 5.74) is 0.856. The number of nitro groups is 2. The predicted molar refractivity (Wildman–Crippen MR) is 111 cm³/mol. The van der Waals surface area contributed by atoms with Crippen molar-refractivity contribution in [3.8, 4) is 0 Å². The van der Waals surface area contributed by atoms with E-state index in [-0.39, 0.29) is 5.56 Å². The lowest BCUT2D eigenvalue weighted by Crippen LogP contribution is -2.49. The molecule has 0 saturated heterocycles. The van der Waals surface area contributed by atoms with Crippen LogP contribution in [0.1, 0.15) is 21.5 Å². The van der Waals surface area contributed by atoms with Gasteiger partial charge in [-0.2, -0.15) is 0 Å². The molecule has 1 atom stereocenters. The molecule has 0 bridgehead atoms. The van der Waals surface area contributed by atoms with Gasteiger partial charge >= 0.3 is 0 Å². The van der Waals surface area contributed by atoms with Crippen LogP contribution in [-0.2, 0) is 0 Å².